The Kier molecular flexibility index (Phi) is 7.25. The maximum Gasteiger partial charge on any atom is 0.00965 e. The number of hydrogen-bond acceptors (Lipinski definition) is 2. The summed E-state index contributed by atoms with van der Waals surface area (Å²) in [6.07, 6.45) is 2.50. The van der Waals surface area contributed by atoms with Gasteiger partial charge in [0.05, 0.1) is 0 Å². The van der Waals surface area contributed by atoms with E-state index < -0.39 is 0 Å². The minimum Gasteiger partial charge on any atom is -0.312 e. The van der Waals surface area contributed by atoms with E-state index >= 15 is 0 Å². The van der Waals surface area contributed by atoms with E-state index in [2.05, 4.69) is 58.8 Å². The third-order valence-corrected chi connectivity index (χ3v) is 3.27. The molecule has 98 valence electrons. The minimum atomic E-state index is 0.245. The van der Waals surface area contributed by atoms with Crippen molar-refractivity contribution < 1.29 is 0 Å². The molecule has 0 aromatic rings. The van der Waals surface area contributed by atoms with Crippen molar-refractivity contribution in [1.29, 1.82) is 0 Å². The molecule has 0 amide bonds. The second-order valence-electron chi connectivity index (χ2n) is 6.27. The molecule has 0 fully saturated rings. The molecule has 16 heavy (non-hydrogen) atoms. The molecule has 2 unspecified atom stereocenters. The molecule has 0 aromatic carbocycles. The summed E-state index contributed by atoms with van der Waals surface area (Å²) >= 11 is 0. The van der Waals surface area contributed by atoms with Gasteiger partial charge in [0, 0.05) is 18.1 Å². The van der Waals surface area contributed by atoms with Gasteiger partial charge in [-0.3, -0.25) is 0 Å². The average molecular weight is 228 g/mol. The molecule has 0 aromatic heterocycles. The van der Waals surface area contributed by atoms with Gasteiger partial charge in [-0.25, -0.2) is 0 Å². The summed E-state index contributed by atoms with van der Waals surface area (Å²) in [5, 5.41) is 3.55. The van der Waals surface area contributed by atoms with Crippen molar-refractivity contribution >= 4 is 0 Å². The third kappa shape index (κ3) is 8.12. The summed E-state index contributed by atoms with van der Waals surface area (Å²) in [7, 11) is 2.24. The van der Waals surface area contributed by atoms with Crippen molar-refractivity contribution in [3.8, 4) is 0 Å². The standard InChI is InChI=1S/C14H32N2/c1-8-12(2)11-16(7)13(3)9-10-15-14(4,5)6/h12-13,15H,8-11H2,1-7H3. The van der Waals surface area contributed by atoms with E-state index in [-0.39, 0.29) is 5.54 Å². The highest BCUT2D eigenvalue weighted by molar-refractivity contribution is 4.73. The fourth-order valence-corrected chi connectivity index (χ4v) is 1.68. The highest BCUT2D eigenvalue weighted by atomic mass is 15.1. The maximum absolute atomic E-state index is 3.55. The molecule has 0 bridgehead atoms. The Balaban J connectivity index is 3.75. The summed E-state index contributed by atoms with van der Waals surface area (Å²) in [5.41, 5.74) is 0.245. The zero-order valence-corrected chi connectivity index (χ0v) is 12.4. The van der Waals surface area contributed by atoms with Gasteiger partial charge >= 0.3 is 0 Å². The van der Waals surface area contributed by atoms with Crippen LogP contribution < -0.4 is 5.32 Å². The minimum absolute atomic E-state index is 0.245. The van der Waals surface area contributed by atoms with Crippen LogP contribution in [0.2, 0.25) is 0 Å². The Hall–Kier alpha value is -0.0800. The maximum atomic E-state index is 3.55. The highest BCUT2D eigenvalue weighted by Gasteiger charge is 2.13. The van der Waals surface area contributed by atoms with E-state index in [4.69, 9.17) is 0 Å². The van der Waals surface area contributed by atoms with E-state index in [1.54, 1.807) is 0 Å². The molecule has 2 nitrogen and oxygen atoms in total. The second kappa shape index (κ2) is 7.29. The number of hydrogen-bond donors (Lipinski definition) is 1. The molecule has 0 aliphatic carbocycles. The SMILES string of the molecule is CCC(C)CN(C)C(C)CCNC(C)(C)C. The first kappa shape index (κ1) is 15.9. The molecule has 0 saturated carbocycles. The van der Waals surface area contributed by atoms with Crippen LogP contribution in [0.25, 0.3) is 0 Å². The first-order chi connectivity index (χ1) is 7.26. The summed E-state index contributed by atoms with van der Waals surface area (Å²) in [6.45, 7) is 15.9. The molecular formula is C14H32N2. The molecule has 0 heterocycles. The van der Waals surface area contributed by atoms with Crippen molar-refractivity contribution in [2.24, 2.45) is 5.92 Å². The largest absolute Gasteiger partial charge is 0.312 e. The van der Waals surface area contributed by atoms with Crippen LogP contribution in [0.4, 0.5) is 0 Å². The predicted molar refractivity (Wildman–Crippen MR) is 73.9 cm³/mol. The smallest absolute Gasteiger partial charge is 0.00965 e. The van der Waals surface area contributed by atoms with Gasteiger partial charge in [0.1, 0.15) is 0 Å². The van der Waals surface area contributed by atoms with Crippen LogP contribution in [0, 0.1) is 5.92 Å². The van der Waals surface area contributed by atoms with Gasteiger partial charge in [0.25, 0.3) is 0 Å². The number of rotatable bonds is 7. The molecule has 0 spiro atoms. The summed E-state index contributed by atoms with van der Waals surface area (Å²) in [6, 6.07) is 0.670. The predicted octanol–water partition coefficient (Wildman–Crippen LogP) is 3.13. The zero-order valence-electron chi connectivity index (χ0n) is 12.4. The topological polar surface area (TPSA) is 15.3 Å². The van der Waals surface area contributed by atoms with Crippen molar-refractivity contribution in [2.75, 3.05) is 20.1 Å². The van der Waals surface area contributed by atoms with Crippen molar-refractivity contribution in [2.45, 2.75) is 66.0 Å². The fourth-order valence-electron chi connectivity index (χ4n) is 1.68. The van der Waals surface area contributed by atoms with Gasteiger partial charge < -0.3 is 10.2 Å². The van der Waals surface area contributed by atoms with Crippen molar-refractivity contribution in [3.05, 3.63) is 0 Å². The molecule has 2 heteroatoms. The quantitative estimate of drug-likeness (QED) is 0.720. The zero-order chi connectivity index (χ0) is 12.8. The van der Waals surface area contributed by atoms with Crippen LogP contribution in [0.3, 0.4) is 0 Å². The van der Waals surface area contributed by atoms with Crippen LogP contribution in [-0.2, 0) is 0 Å². The fraction of sp³-hybridized carbons (Fsp3) is 1.00. The lowest BCUT2D eigenvalue weighted by molar-refractivity contribution is 0.208. The van der Waals surface area contributed by atoms with Crippen molar-refractivity contribution in [1.82, 2.24) is 10.2 Å². The lowest BCUT2D eigenvalue weighted by Crippen LogP contribution is -2.40. The van der Waals surface area contributed by atoms with Crippen LogP contribution in [0.15, 0.2) is 0 Å². The lowest BCUT2D eigenvalue weighted by Gasteiger charge is -2.29. The van der Waals surface area contributed by atoms with E-state index in [0.717, 1.165) is 12.5 Å². The van der Waals surface area contributed by atoms with Crippen molar-refractivity contribution in [3.63, 3.8) is 0 Å². The Morgan fingerprint density at radius 3 is 2.19 bits per heavy atom. The Labute approximate surface area is 103 Å². The Morgan fingerprint density at radius 2 is 1.75 bits per heavy atom. The number of nitrogens with one attached hydrogen (secondary N) is 1. The van der Waals surface area contributed by atoms with Crippen LogP contribution >= 0.6 is 0 Å². The molecule has 2 atom stereocenters. The third-order valence-electron chi connectivity index (χ3n) is 3.27. The molecular weight excluding hydrogens is 196 g/mol. The number of nitrogens with zero attached hydrogens (tertiary/aromatic N) is 1. The summed E-state index contributed by atoms with van der Waals surface area (Å²) < 4.78 is 0. The first-order valence-corrected chi connectivity index (χ1v) is 6.71. The van der Waals surface area contributed by atoms with Gasteiger partial charge in [-0.2, -0.15) is 0 Å². The Morgan fingerprint density at radius 1 is 1.19 bits per heavy atom. The van der Waals surface area contributed by atoms with Crippen LogP contribution in [0.5, 0.6) is 0 Å². The van der Waals surface area contributed by atoms with E-state index in [0.29, 0.717) is 6.04 Å². The van der Waals surface area contributed by atoms with Gasteiger partial charge in [-0.15, -0.1) is 0 Å². The molecule has 0 aliphatic heterocycles. The lowest BCUT2D eigenvalue weighted by atomic mass is 10.1. The van der Waals surface area contributed by atoms with E-state index in [1.165, 1.54) is 19.4 Å². The van der Waals surface area contributed by atoms with Gasteiger partial charge in [0.2, 0.25) is 0 Å². The normalized spacial score (nSPS) is 16.5. The monoisotopic (exact) mass is 228 g/mol. The average Bonchev–Trinajstić information content (AvgIpc) is 2.15. The summed E-state index contributed by atoms with van der Waals surface area (Å²) in [5.74, 6) is 0.808. The molecule has 0 rings (SSSR count). The van der Waals surface area contributed by atoms with Crippen LogP contribution in [-0.4, -0.2) is 36.6 Å². The molecule has 0 aliphatic rings. The molecule has 0 radical (unpaired) electrons. The molecule has 0 saturated heterocycles. The van der Waals surface area contributed by atoms with Crippen LogP contribution in [0.1, 0.15) is 54.4 Å². The summed E-state index contributed by atoms with van der Waals surface area (Å²) in [4.78, 5) is 2.48. The highest BCUT2D eigenvalue weighted by Crippen LogP contribution is 2.08. The van der Waals surface area contributed by atoms with Gasteiger partial charge in [-0.05, 0) is 53.6 Å². The first-order valence-electron chi connectivity index (χ1n) is 6.71. The van der Waals surface area contributed by atoms with E-state index in [9.17, 15) is 0 Å². The van der Waals surface area contributed by atoms with E-state index in [1.807, 2.05) is 0 Å². The van der Waals surface area contributed by atoms with Gasteiger partial charge in [-0.1, -0.05) is 20.3 Å². The Bertz CT molecular complexity index is 172. The molecule has 1 N–H and O–H groups in total. The van der Waals surface area contributed by atoms with Gasteiger partial charge in [0.15, 0.2) is 0 Å². The second-order valence-corrected chi connectivity index (χ2v) is 6.27.